The maximum atomic E-state index is 13.1. The predicted octanol–water partition coefficient (Wildman–Crippen LogP) is 3.88. The van der Waals surface area contributed by atoms with E-state index >= 15 is 0 Å². The number of nitrogens with one attached hydrogen (secondary N) is 2. The largest absolute Gasteiger partial charge is 0.357 e. The molecule has 0 bridgehead atoms. The van der Waals surface area contributed by atoms with E-state index in [9.17, 15) is 8.78 Å². The third-order valence-corrected chi connectivity index (χ3v) is 3.24. The Morgan fingerprint density at radius 1 is 0.958 bits per heavy atom. The number of guanidine groups is 1. The van der Waals surface area contributed by atoms with E-state index in [1.807, 2.05) is 37.3 Å². The first kappa shape index (κ1) is 20.3. The molecule has 130 valence electrons. The lowest BCUT2D eigenvalue weighted by Crippen LogP contribution is -2.38. The molecule has 24 heavy (non-hydrogen) atoms. The van der Waals surface area contributed by atoms with Gasteiger partial charge < -0.3 is 10.6 Å². The standard InChI is InChI=1S/C18H21F2N3.HI/c1-2-21-18(23-13-14-6-4-3-5-7-14)22-9-8-15-10-16(19)12-17(20)11-15;/h3-7,10-12H,2,8-9,13H2,1H3,(H2,21,22,23);1H. The van der Waals surface area contributed by atoms with Crippen molar-refractivity contribution in [1.29, 1.82) is 0 Å². The molecule has 0 radical (unpaired) electrons. The summed E-state index contributed by atoms with van der Waals surface area (Å²) in [6.45, 7) is 3.85. The van der Waals surface area contributed by atoms with Gasteiger partial charge in [0.25, 0.3) is 0 Å². The topological polar surface area (TPSA) is 36.4 Å². The van der Waals surface area contributed by atoms with Crippen LogP contribution in [0.2, 0.25) is 0 Å². The van der Waals surface area contributed by atoms with Gasteiger partial charge in [-0.3, -0.25) is 0 Å². The van der Waals surface area contributed by atoms with Crippen molar-refractivity contribution in [1.82, 2.24) is 10.6 Å². The second-order valence-electron chi connectivity index (χ2n) is 5.14. The molecule has 0 saturated carbocycles. The third kappa shape index (κ3) is 7.25. The number of rotatable bonds is 6. The van der Waals surface area contributed by atoms with E-state index in [0.717, 1.165) is 18.2 Å². The van der Waals surface area contributed by atoms with Gasteiger partial charge in [0.15, 0.2) is 5.96 Å². The molecule has 0 aromatic heterocycles. The van der Waals surface area contributed by atoms with Crippen molar-refractivity contribution in [2.24, 2.45) is 4.99 Å². The summed E-state index contributed by atoms with van der Waals surface area (Å²) in [6, 6.07) is 13.5. The van der Waals surface area contributed by atoms with Gasteiger partial charge in [0, 0.05) is 19.2 Å². The molecule has 0 saturated heterocycles. The molecule has 3 nitrogen and oxygen atoms in total. The number of nitrogens with zero attached hydrogens (tertiary/aromatic N) is 1. The summed E-state index contributed by atoms with van der Waals surface area (Å²) in [4.78, 5) is 4.50. The van der Waals surface area contributed by atoms with Crippen LogP contribution in [0.3, 0.4) is 0 Å². The zero-order valence-corrected chi connectivity index (χ0v) is 15.9. The Hall–Kier alpha value is -1.70. The first-order valence-corrected chi connectivity index (χ1v) is 7.68. The minimum Gasteiger partial charge on any atom is -0.357 e. The summed E-state index contributed by atoms with van der Waals surface area (Å²) in [5, 5.41) is 6.32. The van der Waals surface area contributed by atoms with E-state index in [-0.39, 0.29) is 24.0 Å². The molecule has 2 aromatic carbocycles. The smallest absolute Gasteiger partial charge is 0.191 e. The molecular weight excluding hydrogens is 423 g/mol. The Balaban J connectivity index is 0.00000288. The monoisotopic (exact) mass is 445 g/mol. The van der Waals surface area contributed by atoms with Gasteiger partial charge in [-0.25, -0.2) is 13.8 Å². The van der Waals surface area contributed by atoms with Gasteiger partial charge in [0.05, 0.1) is 6.54 Å². The summed E-state index contributed by atoms with van der Waals surface area (Å²) < 4.78 is 26.3. The highest BCUT2D eigenvalue weighted by molar-refractivity contribution is 14.0. The molecule has 0 aliphatic carbocycles. The second kappa shape index (κ2) is 11.0. The molecule has 0 aliphatic heterocycles. The zero-order chi connectivity index (χ0) is 16.5. The summed E-state index contributed by atoms with van der Waals surface area (Å²) in [6.07, 6.45) is 0.518. The van der Waals surface area contributed by atoms with Gasteiger partial charge in [-0.1, -0.05) is 30.3 Å². The molecule has 0 unspecified atom stereocenters. The van der Waals surface area contributed by atoms with Crippen molar-refractivity contribution in [3.63, 3.8) is 0 Å². The Morgan fingerprint density at radius 2 is 1.62 bits per heavy atom. The summed E-state index contributed by atoms with van der Waals surface area (Å²) in [7, 11) is 0. The number of hydrogen-bond acceptors (Lipinski definition) is 1. The Morgan fingerprint density at radius 3 is 2.25 bits per heavy atom. The van der Waals surface area contributed by atoms with Gasteiger partial charge in [0.1, 0.15) is 11.6 Å². The van der Waals surface area contributed by atoms with E-state index < -0.39 is 11.6 Å². The van der Waals surface area contributed by atoms with Crippen LogP contribution in [0.1, 0.15) is 18.1 Å². The lowest BCUT2D eigenvalue weighted by atomic mass is 10.1. The molecule has 2 rings (SSSR count). The SMILES string of the molecule is CCNC(=NCc1ccccc1)NCCc1cc(F)cc(F)c1.I. The molecule has 6 heteroatoms. The van der Waals surface area contributed by atoms with E-state index in [1.54, 1.807) is 0 Å². The van der Waals surface area contributed by atoms with Crippen molar-refractivity contribution in [3.8, 4) is 0 Å². The summed E-state index contributed by atoms with van der Waals surface area (Å²) in [5.74, 6) is -0.414. The van der Waals surface area contributed by atoms with E-state index in [0.29, 0.717) is 31.0 Å². The number of hydrogen-bond donors (Lipinski definition) is 2. The van der Waals surface area contributed by atoms with Crippen molar-refractivity contribution in [2.45, 2.75) is 19.9 Å². The first-order chi connectivity index (χ1) is 11.2. The summed E-state index contributed by atoms with van der Waals surface area (Å²) in [5.41, 5.74) is 1.74. The molecule has 0 aliphatic rings. The average molecular weight is 445 g/mol. The van der Waals surface area contributed by atoms with E-state index in [1.165, 1.54) is 12.1 Å². The van der Waals surface area contributed by atoms with Crippen LogP contribution in [-0.4, -0.2) is 19.0 Å². The van der Waals surface area contributed by atoms with Crippen LogP contribution in [-0.2, 0) is 13.0 Å². The molecule has 0 fully saturated rings. The van der Waals surface area contributed by atoms with Crippen LogP contribution in [0.25, 0.3) is 0 Å². The number of benzene rings is 2. The fourth-order valence-electron chi connectivity index (χ4n) is 2.18. The van der Waals surface area contributed by atoms with Gasteiger partial charge in [-0.2, -0.15) is 0 Å². The van der Waals surface area contributed by atoms with Crippen LogP contribution >= 0.6 is 24.0 Å². The minimum atomic E-state index is -0.551. The maximum absolute atomic E-state index is 13.1. The fraction of sp³-hybridized carbons (Fsp3) is 0.278. The Kier molecular flexibility index (Phi) is 9.29. The first-order valence-electron chi connectivity index (χ1n) is 7.68. The van der Waals surface area contributed by atoms with Crippen LogP contribution in [0, 0.1) is 11.6 Å². The van der Waals surface area contributed by atoms with Crippen LogP contribution in [0.4, 0.5) is 8.78 Å². The quantitative estimate of drug-likeness (QED) is 0.403. The van der Waals surface area contributed by atoms with Crippen LogP contribution in [0.15, 0.2) is 53.5 Å². The van der Waals surface area contributed by atoms with Crippen molar-refractivity contribution in [3.05, 3.63) is 71.3 Å². The van der Waals surface area contributed by atoms with Gasteiger partial charge in [-0.05, 0) is 36.6 Å². The van der Waals surface area contributed by atoms with Crippen LogP contribution < -0.4 is 10.6 Å². The Bertz CT molecular complexity index is 628. The lowest BCUT2D eigenvalue weighted by molar-refractivity contribution is 0.579. The lowest BCUT2D eigenvalue weighted by Gasteiger charge is -2.11. The second-order valence-corrected chi connectivity index (χ2v) is 5.14. The van der Waals surface area contributed by atoms with Crippen molar-refractivity contribution >= 4 is 29.9 Å². The maximum Gasteiger partial charge on any atom is 0.191 e. The van der Waals surface area contributed by atoms with E-state index in [2.05, 4.69) is 15.6 Å². The predicted molar refractivity (Wildman–Crippen MR) is 105 cm³/mol. The van der Waals surface area contributed by atoms with Crippen LogP contribution in [0.5, 0.6) is 0 Å². The van der Waals surface area contributed by atoms with Gasteiger partial charge in [0.2, 0.25) is 0 Å². The normalized spacial score (nSPS) is 10.9. The van der Waals surface area contributed by atoms with Crippen molar-refractivity contribution < 1.29 is 8.78 Å². The Labute approximate surface area is 158 Å². The number of halogens is 3. The number of aliphatic imine (C=N–C) groups is 1. The van der Waals surface area contributed by atoms with E-state index in [4.69, 9.17) is 0 Å². The molecule has 0 spiro atoms. The average Bonchev–Trinajstić information content (AvgIpc) is 2.53. The zero-order valence-electron chi connectivity index (χ0n) is 13.6. The molecule has 0 atom stereocenters. The van der Waals surface area contributed by atoms with Gasteiger partial charge >= 0.3 is 0 Å². The molecule has 0 amide bonds. The molecule has 2 N–H and O–H groups in total. The minimum absolute atomic E-state index is 0. The molecular formula is C18H22F2IN3. The third-order valence-electron chi connectivity index (χ3n) is 3.24. The van der Waals surface area contributed by atoms with Gasteiger partial charge in [-0.15, -0.1) is 24.0 Å². The summed E-state index contributed by atoms with van der Waals surface area (Å²) >= 11 is 0. The molecule has 0 heterocycles. The highest BCUT2D eigenvalue weighted by atomic mass is 127. The fourth-order valence-corrected chi connectivity index (χ4v) is 2.18. The highest BCUT2D eigenvalue weighted by Crippen LogP contribution is 2.08. The molecule has 2 aromatic rings. The van der Waals surface area contributed by atoms with Crippen molar-refractivity contribution in [2.75, 3.05) is 13.1 Å². The highest BCUT2D eigenvalue weighted by Gasteiger charge is 2.02.